The number of nitrogens with one attached hydrogen (secondary N) is 1. The minimum atomic E-state index is -0.513. The van der Waals surface area contributed by atoms with E-state index in [1.54, 1.807) is 0 Å². The molecule has 2 aliphatic rings. The van der Waals surface area contributed by atoms with Crippen LogP contribution in [0.1, 0.15) is 46.5 Å². The number of ketones is 1. The molecule has 0 aromatic rings. The Morgan fingerprint density at radius 1 is 1.05 bits per heavy atom. The van der Waals surface area contributed by atoms with Crippen LogP contribution >= 0.6 is 0 Å². The van der Waals surface area contributed by atoms with Gasteiger partial charge >= 0.3 is 6.09 Å². The summed E-state index contributed by atoms with van der Waals surface area (Å²) in [5, 5.41) is 3.98. The van der Waals surface area contributed by atoms with E-state index in [4.69, 9.17) is 14.2 Å². The number of hydrogen-bond donors (Lipinski definition) is 1. The van der Waals surface area contributed by atoms with Crippen molar-refractivity contribution in [2.24, 2.45) is 5.10 Å². The maximum atomic E-state index is 11.2. The van der Waals surface area contributed by atoms with Gasteiger partial charge in [-0.1, -0.05) is 0 Å². The number of nitrogens with zero attached hydrogens (tertiary/aromatic N) is 1. The van der Waals surface area contributed by atoms with E-state index < -0.39 is 11.7 Å². The summed E-state index contributed by atoms with van der Waals surface area (Å²) in [7, 11) is 0. The third kappa shape index (κ3) is 9.46. The Bertz CT molecular complexity index is 385. The SMILES string of the molecule is CC(C)(C)OC(=O)NN=C1CCOCC1.O=C1CCOCC1. The van der Waals surface area contributed by atoms with Gasteiger partial charge in [0.25, 0.3) is 0 Å². The minimum Gasteiger partial charge on any atom is -0.443 e. The number of Topliss-reactive ketones (excluding diaryl/α,β-unsaturated/α-hetero) is 1. The molecule has 0 aromatic carbocycles. The lowest BCUT2D eigenvalue weighted by Gasteiger charge is -2.19. The quantitative estimate of drug-likeness (QED) is 0.749. The average molecular weight is 314 g/mol. The molecule has 0 radical (unpaired) electrons. The van der Waals surface area contributed by atoms with Gasteiger partial charge in [-0.25, -0.2) is 10.2 Å². The zero-order chi connectivity index (χ0) is 16.4. The fourth-order valence-corrected chi connectivity index (χ4v) is 1.74. The fourth-order valence-electron chi connectivity index (χ4n) is 1.74. The van der Waals surface area contributed by atoms with Crippen molar-refractivity contribution in [3.63, 3.8) is 0 Å². The number of hydrazone groups is 1. The molecule has 1 N–H and O–H groups in total. The Morgan fingerprint density at radius 2 is 1.55 bits per heavy atom. The molecule has 0 aromatic heterocycles. The second kappa shape index (κ2) is 9.53. The number of amides is 1. The van der Waals surface area contributed by atoms with E-state index in [0.717, 1.165) is 18.6 Å². The molecule has 2 aliphatic heterocycles. The fraction of sp³-hybridized carbons (Fsp3) is 0.800. The van der Waals surface area contributed by atoms with Gasteiger partial charge in [-0.2, -0.15) is 5.10 Å². The van der Waals surface area contributed by atoms with Gasteiger partial charge in [0.1, 0.15) is 11.4 Å². The van der Waals surface area contributed by atoms with E-state index in [0.29, 0.717) is 45.1 Å². The van der Waals surface area contributed by atoms with Gasteiger partial charge in [0.2, 0.25) is 0 Å². The molecule has 22 heavy (non-hydrogen) atoms. The van der Waals surface area contributed by atoms with Crippen molar-refractivity contribution < 1.29 is 23.8 Å². The van der Waals surface area contributed by atoms with E-state index in [-0.39, 0.29) is 0 Å². The Kier molecular flexibility index (Phi) is 8.05. The van der Waals surface area contributed by atoms with Crippen molar-refractivity contribution in [2.75, 3.05) is 26.4 Å². The lowest BCUT2D eigenvalue weighted by molar-refractivity contribution is -0.124. The van der Waals surface area contributed by atoms with Crippen LogP contribution in [-0.4, -0.2) is 49.6 Å². The topological polar surface area (TPSA) is 86.2 Å². The second-order valence-corrected chi connectivity index (χ2v) is 6.06. The molecular weight excluding hydrogens is 288 g/mol. The molecule has 0 bridgehead atoms. The van der Waals surface area contributed by atoms with Crippen molar-refractivity contribution >= 4 is 17.6 Å². The maximum absolute atomic E-state index is 11.2. The van der Waals surface area contributed by atoms with Gasteiger partial charge in [-0.05, 0) is 20.8 Å². The maximum Gasteiger partial charge on any atom is 0.428 e. The van der Waals surface area contributed by atoms with E-state index in [9.17, 15) is 9.59 Å². The highest BCUT2D eigenvalue weighted by molar-refractivity contribution is 5.86. The van der Waals surface area contributed by atoms with Crippen LogP contribution in [0.15, 0.2) is 5.10 Å². The van der Waals surface area contributed by atoms with Crippen LogP contribution in [0.5, 0.6) is 0 Å². The standard InChI is InChI=1S/C10H18N2O3.C5H8O2/c1-10(2,3)15-9(13)12-11-8-4-6-14-7-5-8;6-5-1-3-7-4-2-5/h4-7H2,1-3H3,(H,12,13);1-4H2. The van der Waals surface area contributed by atoms with E-state index in [1.165, 1.54) is 0 Å². The van der Waals surface area contributed by atoms with Crippen molar-refractivity contribution in [1.29, 1.82) is 0 Å². The molecule has 2 fully saturated rings. The van der Waals surface area contributed by atoms with Crippen molar-refractivity contribution in [3.05, 3.63) is 0 Å². The Balaban J connectivity index is 0.000000287. The lowest BCUT2D eigenvalue weighted by atomic mass is 10.2. The van der Waals surface area contributed by atoms with Crippen molar-refractivity contribution in [2.45, 2.75) is 52.1 Å². The molecule has 7 nitrogen and oxygen atoms in total. The number of carbonyl (C=O) groups excluding carboxylic acids is 2. The number of carbonyl (C=O) groups is 2. The van der Waals surface area contributed by atoms with E-state index in [2.05, 4.69) is 10.5 Å². The van der Waals surface area contributed by atoms with Gasteiger partial charge in [0.15, 0.2) is 0 Å². The zero-order valence-electron chi connectivity index (χ0n) is 13.6. The highest BCUT2D eigenvalue weighted by Crippen LogP contribution is 2.07. The van der Waals surface area contributed by atoms with Gasteiger partial charge in [-0.3, -0.25) is 4.79 Å². The summed E-state index contributed by atoms with van der Waals surface area (Å²) in [4.78, 5) is 21.6. The molecule has 0 aliphatic carbocycles. The van der Waals surface area contributed by atoms with Crippen LogP contribution in [0.2, 0.25) is 0 Å². The normalized spacial score (nSPS) is 18.9. The zero-order valence-corrected chi connectivity index (χ0v) is 13.6. The van der Waals surface area contributed by atoms with Crippen LogP contribution in [0, 0.1) is 0 Å². The van der Waals surface area contributed by atoms with Gasteiger partial charge in [-0.15, -0.1) is 0 Å². The van der Waals surface area contributed by atoms with Gasteiger partial charge in [0, 0.05) is 31.4 Å². The molecule has 0 unspecified atom stereocenters. The van der Waals surface area contributed by atoms with Gasteiger partial charge in [0.05, 0.1) is 26.4 Å². The molecule has 2 rings (SSSR count). The summed E-state index contributed by atoms with van der Waals surface area (Å²) >= 11 is 0. The monoisotopic (exact) mass is 314 g/mol. The molecule has 1 amide bonds. The Hall–Kier alpha value is -1.47. The largest absolute Gasteiger partial charge is 0.443 e. The van der Waals surface area contributed by atoms with E-state index in [1.807, 2.05) is 20.8 Å². The summed E-state index contributed by atoms with van der Waals surface area (Å²) < 4.78 is 15.1. The molecule has 7 heteroatoms. The number of rotatable bonds is 1. The van der Waals surface area contributed by atoms with Crippen LogP contribution in [0.4, 0.5) is 4.79 Å². The molecule has 2 heterocycles. The van der Waals surface area contributed by atoms with Crippen LogP contribution in [0.25, 0.3) is 0 Å². The summed E-state index contributed by atoms with van der Waals surface area (Å²) in [6.45, 7) is 8.07. The lowest BCUT2D eigenvalue weighted by Crippen LogP contribution is -2.31. The highest BCUT2D eigenvalue weighted by atomic mass is 16.6. The summed E-state index contributed by atoms with van der Waals surface area (Å²) in [5.41, 5.74) is 2.85. The molecule has 0 saturated carbocycles. The first-order valence-corrected chi connectivity index (χ1v) is 7.58. The summed E-state index contributed by atoms with van der Waals surface area (Å²) in [5.74, 6) is 0.339. The van der Waals surface area contributed by atoms with Crippen LogP contribution in [-0.2, 0) is 19.0 Å². The first kappa shape index (κ1) is 18.6. The van der Waals surface area contributed by atoms with Crippen LogP contribution < -0.4 is 5.43 Å². The number of hydrogen-bond acceptors (Lipinski definition) is 6. The smallest absolute Gasteiger partial charge is 0.428 e. The third-order valence-corrected chi connectivity index (χ3v) is 2.82. The Labute approximate surface area is 131 Å². The average Bonchev–Trinajstić information content (AvgIpc) is 2.46. The summed E-state index contributed by atoms with van der Waals surface area (Å²) in [6, 6.07) is 0. The molecule has 0 atom stereocenters. The summed E-state index contributed by atoms with van der Waals surface area (Å²) in [6.07, 6.45) is 2.28. The molecule has 0 spiro atoms. The predicted octanol–water partition coefficient (Wildman–Crippen LogP) is 2.04. The first-order valence-electron chi connectivity index (χ1n) is 7.58. The van der Waals surface area contributed by atoms with Crippen LogP contribution in [0.3, 0.4) is 0 Å². The van der Waals surface area contributed by atoms with E-state index >= 15 is 0 Å². The first-order chi connectivity index (χ1) is 10.4. The second-order valence-electron chi connectivity index (χ2n) is 6.06. The predicted molar refractivity (Wildman–Crippen MR) is 81.9 cm³/mol. The molecular formula is C15H26N2O5. The minimum absolute atomic E-state index is 0.339. The highest BCUT2D eigenvalue weighted by Gasteiger charge is 2.16. The molecule has 2 saturated heterocycles. The third-order valence-electron chi connectivity index (χ3n) is 2.82. The van der Waals surface area contributed by atoms with Gasteiger partial charge < -0.3 is 14.2 Å². The van der Waals surface area contributed by atoms with Crippen molar-refractivity contribution in [1.82, 2.24) is 5.43 Å². The number of ether oxygens (including phenoxy) is 3. The Morgan fingerprint density at radius 3 is 1.95 bits per heavy atom. The molecule has 126 valence electrons. The van der Waals surface area contributed by atoms with Crippen molar-refractivity contribution in [3.8, 4) is 0 Å².